The Balaban J connectivity index is 1.99. The van der Waals surface area contributed by atoms with Crippen LogP contribution < -0.4 is 31.4 Å². The molecule has 192 valence electrons. The molecule has 3 rings (SSSR count). The van der Waals surface area contributed by atoms with Gasteiger partial charge in [-0.3, -0.25) is 19.1 Å². The van der Waals surface area contributed by atoms with E-state index in [9.17, 15) is 14.4 Å². The van der Waals surface area contributed by atoms with E-state index >= 15 is 0 Å². The minimum atomic E-state index is -0.688. The molecule has 0 bridgehead atoms. The second-order valence-electron chi connectivity index (χ2n) is 8.98. The predicted molar refractivity (Wildman–Crippen MR) is 141 cm³/mol. The number of hydrogen-bond acceptors (Lipinski definition) is 6. The van der Waals surface area contributed by atoms with E-state index < -0.39 is 11.2 Å². The number of nitrogens with two attached hydrogens (primary N) is 1. The SMILES string of the molecule is COc1ccc(CCN(C(=O)CCC(C)C)c2c(N)n(Cc3ccccc3)c(=O)[nH]c2=O)cc1OC. The molecule has 9 nitrogen and oxygen atoms in total. The standard InChI is InChI=1S/C27H34N4O5/c1-18(2)10-13-23(32)30(15-14-19-11-12-21(35-3)22(16-19)36-4)24-25(28)31(27(34)29-26(24)33)17-20-8-6-5-7-9-20/h5-9,11-12,16,18H,10,13-15,17,28H2,1-4H3,(H,29,33,34). The number of aromatic nitrogens is 2. The molecule has 0 spiro atoms. The molecule has 0 aliphatic heterocycles. The number of nitrogen functional groups attached to an aromatic ring is 1. The Bertz CT molecular complexity index is 1300. The van der Waals surface area contributed by atoms with E-state index in [4.69, 9.17) is 15.2 Å². The lowest BCUT2D eigenvalue weighted by molar-refractivity contribution is -0.118. The number of benzene rings is 2. The third-order valence-corrected chi connectivity index (χ3v) is 5.98. The van der Waals surface area contributed by atoms with Gasteiger partial charge in [-0.05, 0) is 42.0 Å². The monoisotopic (exact) mass is 494 g/mol. The Hall–Kier alpha value is -4.01. The van der Waals surface area contributed by atoms with Gasteiger partial charge < -0.3 is 20.1 Å². The number of carbonyl (C=O) groups excluding carboxylic acids is 1. The third kappa shape index (κ3) is 6.35. The number of methoxy groups -OCH3 is 2. The number of hydrogen-bond donors (Lipinski definition) is 2. The van der Waals surface area contributed by atoms with Gasteiger partial charge in [0.15, 0.2) is 17.2 Å². The van der Waals surface area contributed by atoms with Crippen LogP contribution in [0.5, 0.6) is 11.5 Å². The van der Waals surface area contributed by atoms with Crippen molar-refractivity contribution in [1.29, 1.82) is 0 Å². The van der Waals surface area contributed by atoms with Crippen LogP contribution in [-0.2, 0) is 17.8 Å². The maximum Gasteiger partial charge on any atom is 0.330 e. The highest BCUT2D eigenvalue weighted by atomic mass is 16.5. The summed E-state index contributed by atoms with van der Waals surface area (Å²) in [6.07, 6.45) is 1.35. The van der Waals surface area contributed by atoms with Crippen LogP contribution in [0.4, 0.5) is 11.5 Å². The van der Waals surface area contributed by atoms with E-state index in [-0.39, 0.29) is 36.9 Å². The largest absolute Gasteiger partial charge is 0.493 e. The van der Waals surface area contributed by atoms with Crippen molar-refractivity contribution in [2.24, 2.45) is 5.92 Å². The number of carbonyl (C=O) groups is 1. The summed E-state index contributed by atoms with van der Waals surface area (Å²) < 4.78 is 12.0. The van der Waals surface area contributed by atoms with Crippen LogP contribution in [0.25, 0.3) is 0 Å². The molecule has 0 atom stereocenters. The van der Waals surface area contributed by atoms with E-state index in [0.29, 0.717) is 30.3 Å². The van der Waals surface area contributed by atoms with Gasteiger partial charge in [-0.1, -0.05) is 50.2 Å². The van der Waals surface area contributed by atoms with Gasteiger partial charge in [-0.25, -0.2) is 4.79 Å². The highest BCUT2D eigenvalue weighted by Gasteiger charge is 2.24. The van der Waals surface area contributed by atoms with Crippen molar-refractivity contribution in [3.63, 3.8) is 0 Å². The lowest BCUT2D eigenvalue weighted by Gasteiger charge is -2.25. The number of nitrogens with zero attached hydrogens (tertiary/aromatic N) is 2. The maximum atomic E-state index is 13.3. The lowest BCUT2D eigenvalue weighted by atomic mass is 10.1. The first-order valence-corrected chi connectivity index (χ1v) is 11.9. The summed E-state index contributed by atoms with van der Waals surface area (Å²) in [4.78, 5) is 42.7. The second-order valence-corrected chi connectivity index (χ2v) is 8.98. The van der Waals surface area contributed by atoms with Crippen molar-refractivity contribution >= 4 is 17.4 Å². The zero-order chi connectivity index (χ0) is 26.2. The molecule has 36 heavy (non-hydrogen) atoms. The number of ether oxygens (including phenoxy) is 2. The maximum absolute atomic E-state index is 13.3. The molecule has 2 aromatic carbocycles. The fraction of sp³-hybridized carbons (Fsp3) is 0.370. The molecule has 3 N–H and O–H groups in total. The first-order valence-electron chi connectivity index (χ1n) is 11.9. The molecule has 1 amide bonds. The summed E-state index contributed by atoms with van der Waals surface area (Å²) in [6, 6.07) is 14.8. The smallest absolute Gasteiger partial charge is 0.330 e. The molecule has 0 fully saturated rings. The molecule has 9 heteroatoms. The van der Waals surface area contributed by atoms with Gasteiger partial charge >= 0.3 is 5.69 Å². The van der Waals surface area contributed by atoms with Crippen molar-refractivity contribution in [2.75, 3.05) is 31.4 Å². The molecule has 0 saturated carbocycles. The van der Waals surface area contributed by atoms with Gasteiger partial charge in [0.1, 0.15) is 5.82 Å². The number of nitrogens with one attached hydrogen (secondary N) is 1. The Labute approximate surface area is 210 Å². The fourth-order valence-corrected chi connectivity index (χ4v) is 3.95. The number of rotatable bonds is 11. The van der Waals surface area contributed by atoms with Crippen LogP contribution in [0.15, 0.2) is 58.1 Å². The molecule has 1 heterocycles. The second kappa shape index (κ2) is 12.1. The Morgan fingerprint density at radius 1 is 1.03 bits per heavy atom. The van der Waals surface area contributed by atoms with Crippen LogP contribution in [0.2, 0.25) is 0 Å². The van der Waals surface area contributed by atoms with Gasteiger partial charge in [0, 0.05) is 13.0 Å². The summed E-state index contributed by atoms with van der Waals surface area (Å²) in [6.45, 7) is 4.42. The normalized spacial score (nSPS) is 10.9. The summed E-state index contributed by atoms with van der Waals surface area (Å²) in [5.41, 5.74) is 6.80. The summed E-state index contributed by atoms with van der Waals surface area (Å²) in [5.74, 6) is 1.20. The predicted octanol–water partition coefficient (Wildman–Crippen LogP) is 3.20. The average molecular weight is 495 g/mol. The number of anilines is 2. The molecule has 1 aromatic heterocycles. The zero-order valence-electron chi connectivity index (χ0n) is 21.2. The van der Waals surface area contributed by atoms with Crippen molar-refractivity contribution in [3.05, 3.63) is 80.5 Å². The van der Waals surface area contributed by atoms with Crippen LogP contribution in [0.3, 0.4) is 0 Å². The Morgan fingerprint density at radius 3 is 2.36 bits per heavy atom. The molecule has 0 aliphatic carbocycles. The Morgan fingerprint density at radius 2 is 1.72 bits per heavy atom. The van der Waals surface area contributed by atoms with E-state index in [2.05, 4.69) is 4.98 Å². The van der Waals surface area contributed by atoms with Gasteiger partial charge in [0.05, 0.1) is 20.8 Å². The van der Waals surface area contributed by atoms with E-state index in [1.54, 1.807) is 20.3 Å². The van der Waals surface area contributed by atoms with E-state index in [1.165, 1.54) is 9.47 Å². The topological polar surface area (TPSA) is 120 Å². The minimum absolute atomic E-state index is 0.0141. The Kier molecular flexibility index (Phi) is 8.94. The first-order chi connectivity index (χ1) is 17.2. The third-order valence-electron chi connectivity index (χ3n) is 5.98. The summed E-state index contributed by atoms with van der Waals surface area (Å²) >= 11 is 0. The van der Waals surface area contributed by atoms with Gasteiger partial charge in [-0.2, -0.15) is 0 Å². The van der Waals surface area contributed by atoms with Gasteiger partial charge in [0.25, 0.3) is 5.56 Å². The van der Waals surface area contributed by atoms with E-state index in [0.717, 1.165) is 11.1 Å². The number of aromatic amines is 1. The lowest BCUT2D eigenvalue weighted by Crippen LogP contribution is -2.42. The molecule has 0 unspecified atom stereocenters. The van der Waals surface area contributed by atoms with Gasteiger partial charge in [0.2, 0.25) is 5.91 Å². The molecule has 3 aromatic rings. The van der Waals surface area contributed by atoms with Crippen molar-refractivity contribution in [2.45, 2.75) is 39.7 Å². The van der Waals surface area contributed by atoms with Crippen molar-refractivity contribution in [3.8, 4) is 11.5 Å². The molecular weight excluding hydrogens is 460 g/mol. The average Bonchev–Trinajstić information content (AvgIpc) is 2.87. The summed E-state index contributed by atoms with van der Waals surface area (Å²) in [7, 11) is 3.12. The number of amides is 1. The quantitative estimate of drug-likeness (QED) is 0.422. The summed E-state index contributed by atoms with van der Waals surface area (Å²) in [5, 5.41) is 0. The number of H-pyrrole nitrogens is 1. The molecule has 0 saturated heterocycles. The highest BCUT2D eigenvalue weighted by Crippen LogP contribution is 2.28. The van der Waals surface area contributed by atoms with Crippen LogP contribution in [0.1, 0.15) is 37.8 Å². The first kappa shape index (κ1) is 26.6. The van der Waals surface area contributed by atoms with Crippen molar-refractivity contribution < 1.29 is 14.3 Å². The molecule has 0 radical (unpaired) electrons. The zero-order valence-corrected chi connectivity index (χ0v) is 21.2. The molecule has 0 aliphatic rings. The molecular formula is C27H34N4O5. The highest BCUT2D eigenvalue weighted by molar-refractivity contribution is 5.95. The van der Waals surface area contributed by atoms with Crippen LogP contribution in [-0.4, -0.2) is 36.2 Å². The van der Waals surface area contributed by atoms with E-state index in [1.807, 2.05) is 56.3 Å². The van der Waals surface area contributed by atoms with Crippen LogP contribution in [0, 0.1) is 5.92 Å². The van der Waals surface area contributed by atoms with Crippen molar-refractivity contribution in [1.82, 2.24) is 9.55 Å². The van der Waals surface area contributed by atoms with Gasteiger partial charge in [-0.15, -0.1) is 0 Å². The fourth-order valence-electron chi connectivity index (χ4n) is 3.95. The minimum Gasteiger partial charge on any atom is -0.493 e. The van der Waals surface area contributed by atoms with Crippen LogP contribution >= 0.6 is 0 Å².